The molecule has 120 valence electrons. The van der Waals surface area contributed by atoms with E-state index in [-0.39, 0.29) is 19.6 Å². The molecule has 22 heavy (non-hydrogen) atoms. The molecule has 1 aromatic rings. The van der Waals surface area contributed by atoms with Gasteiger partial charge in [-0.3, -0.25) is 4.79 Å². The van der Waals surface area contributed by atoms with E-state index in [1.165, 1.54) is 29.2 Å². The van der Waals surface area contributed by atoms with Crippen molar-refractivity contribution in [2.45, 2.75) is 12.7 Å². The van der Waals surface area contributed by atoms with Gasteiger partial charge in [0, 0.05) is 13.1 Å². The van der Waals surface area contributed by atoms with Crippen LogP contribution in [0.1, 0.15) is 5.56 Å². The van der Waals surface area contributed by atoms with Crippen LogP contribution in [0, 0.1) is 5.82 Å². The van der Waals surface area contributed by atoms with E-state index in [1.54, 1.807) is 0 Å². The summed E-state index contributed by atoms with van der Waals surface area (Å²) in [5.41, 5.74) is 0.690. The van der Waals surface area contributed by atoms with Gasteiger partial charge in [-0.25, -0.2) is 9.18 Å². The van der Waals surface area contributed by atoms with Gasteiger partial charge in [-0.15, -0.1) is 5.06 Å². The van der Waals surface area contributed by atoms with Crippen molar-refractivity contribution >= 4 is 11.9 Å². The van der Waals surface area contributed by atoms with Gasteiger partial charge < -0.3 is 9.74 Å². The monoisotopic (exact) mass is 320 g/mol. The SMILES string of the molecule is O=C1CN(OC(=O)C(F)(F)F)CCN1Cc1ccc(F)cc1. The second-order valence-electron chi connectivity index (χ2n) is 4.68. The summed E-state index contributed by atoms with van der Waals surface area (Å²) in [6, 6.07) is 5.53. The predicted molar refractivity (Wildman–Crippen MR) is 65.5 cm³/mol. The third kappa shape index (κ3) is 4.17. The number of hydrogen-bond donors (Lipinski definition) is 0. The van der Waals surface area contributed by atoms with Crippen molar-refractivity contribution in [1.82, 2.24) is 9.96 Å². The molecule has 1 aliphatic heterocycles. The molecule has 1 aromatic carbocycles. The maximum atomic E-state index is 12.8. The average molecular weight is 320 g/mol. The Morgan fingerprint density at radius 1 is 1.18 bits per heavy atom. The van der Waals surface area contributed by atoms with Crippen LogP contribution in [0.4, 0.5) is 17.6 Å². The number of benzene rings is 1. The lowest BCUT2D eigenvalue weighted by Gasteiger charge is -2.33. The molecule has 1 saturated heterocycles. The summed E-state index contributed by atoms with van der Waals surface area (Å²) in [7, 11) is 0. The van der Waals surface area contributed by atoms with Gasteiger partial charge in [0.2, 0.25) is 5.91 Å². The number of rotatable bonds is 3. The zero-order valence-corrected chi connectivity index (χ0v) is 11.3. The van der Waals surface area contributed by atoms with Crippen LogP contribution in [0.2, 0.25) is 0 Å². The van der Waals surface area contributed by atoms with E-state index in [9.17, 15) is 27.2 Å². The van der Waals surface area contributed by atoms with Crippen LogP contribution in [0.15, 0.2) is 24.3 Å². The first-order valence-corrected chi connectivity index (χ1v) is 6.32. The summed E-state index contributed by atoms with van der Waals surface area (Å²) >= 11 is 0. The van der Waals surface area contributed by atoms with Crippen LogP contribution >= 0.6 is 0 Å². The number of piperazine rings is 1. The van der Waals surface area contributed by atoms with Crippen molar-refractivity contribution in [3.05, 3.63) is 35.6 Å². The van der Waals surface area contributed by atoms with E-state index in [0.29, 0.717) is 10.6 Å². The molecular weight excluding hydrogens is 308 g/mol. The lowest BCUT2D eigenvalue weighted by molar-refractivity contribution is -0.241. The maximum absolute atomic E-state index is 12.8. The highest BCUT2D eigenvalue weighted by Gasteiger charge is 2.43. The van der Waals surface area contributed by atoms with Crippen molar-refractivity contribution in [3.63, 3.8) is 0 Å². The van der Waals surface area contributed by atoms with E-state index in [0.717, 1.165) is 0 Å². The molecule has 9 heteroatoms. The van der Waals surface area contributed by atoms with Crippen LogP contribution in [-0.2, 0) is 21.0 Å². The number of halogens is 4. The normalized spacial score (nSPS) is 16.7. The Morgan fingerprint density at radius 3 is 2.36 bits per heavy atom. The Labute approximate surface area is 123 Å². The van der Waals surface area contributed by atoms with Crippen molar-refractivity contribution in [2.75, 3.05) is 19.6 Å². The van der Waals surface area contributed by atoms with E-state index in [1.807, 2.05) is 0 Å². The predicted octanol–water partition coefficient (Wildman–Crippen LogP) is 1.49. The van der Waals surface area contributed by atoms with Gasteiger partial charge in [-0.05, 0) is 17.7 Å². The topological polar surface area (TPSA) is 49.9 Å². The lowest BCUT2D eigenvalue weighted by Crippen LogP contribution is -2.51. The zero-order valence-electron chi connectivity index (χ0n) is 11.3. The van der Waals surface area contributed by atoms with Crippen molar-refractivity contribution in [2.24, 2.45) is 0 Å². The van der Waals surface area contributed by atoms with E-state index in [4.69, 9.17) is 0 Å². The largest absolute Gasteiger partial charge is 0.492 e. The fourth-order valence-corrected chi connectivity index (χ4v) is 1.91. The van der Waals surface area contributed by atoms with Gasteiger partial charge in [0.05, 0.1) is 6.54 Å². The molecule has 0 radical (unpaired) electrons. The third-order valence-corrected chi connectivity index (χ3v) is 3.01. The highest BCUT2D eigenvalue weighted by Crippen LogP contribution is 2.18. The Hall–Kier alpha value is -2.16. The minimum Gasteiger partial charge on any atom is -0.360 e. The first kappa shape index (κ1) is 16.2. The second kappa shape index (κ2) is 6.30. The van der Waals surface area contributed by atoms with Crippen molar-refractivity contribution in [3.8, 4) is 0 Å². The fraction of sp³-hybridized carbons (Fsp3) is 0.385. The molecule has 0 N–H and O–H groups in total. The minimum atomic E-state index is -5.10. The Balaban J connectivity index is 1.89. The number of hydroxylamine groups is 2. The number of carbonyl (C=O) groups is 2. The van der Waals surface area contributed by atoms with Gasteiger partial charge >= 0.3 is 12.1 Å². The summed E-state index contributed by atoms with van der Waals surface area (Å²) in [6.07, 6.45) is -5.10. The van der Waals surface area contributed by atoms with Crippen molar-refractivity contribution in [1.29, 1.82) is 0 Å². The number of alkyl halides is 3. The summed E-state index contributed by atoms with van der Waals surface area (Å²) in [4.78, 5) is 28.0. The van der Waals surface area contributed by atoms with Gasteiger partial charge in [-0.2, -0.15) is 13.2 Å². The molecule has 5 nitrogen and oxygen atoms in total. The summed E-state index contributed by atoms with van der Waals surface area (Å²) in [5, 5.41) is 0.680. The molecule has 0 saturated carbocycles. The number of nitrogens with zero attached hydrogens (tertiary/aromatic N) is 2. The smallest absolute Gasteiger partial charge is 0.360 e. The molecule has 2 rings (SSSR count). The molecule has 0 unspecified atom stereocenters. The Kier molecular flexibility index (Phi) is 4.65. The molecule has 0 spiro atoms. The lowest BCUT2D eigenvalue weighted by atomic mass is 10.2. The third-order valence-electron chi connectivity index (χ3n) is 3.01. The van der Waals surface area contributed by atoms with Crippen LogP contribution in [0.3, 0.4) is 0 Å². The first-order chi connectivity index (χ1) is 10.3. The molecule has 1 aliphatic rings. The summed E-state index contributed by atoms with van der Waals surface area (Å²) in [5.74, 6) is -3.24. The quantitative estimate of drug-likeness (QED) is 0.792. The average Bonchev–Trinajstić information content (AvgIpc) is 2.43. The zero-order chi connectivity index (χ0) is 16.3. The molecule has 0 bridgehead atoms. The fourth-order valence-electron chi connectivity index (χ4n) is 1.91. The summed E-state index contributed by atoms with van der Waals surface area (Å²) in [6.45, 7) is -0.181. The van der Waals surface area contributed by atoms with E-state index >= 15 is 0 Å². The first-order valence-electron chi connectivity index (χ1n) is 6.32. The maximum Gasteiger partial charge on any atom is 0.492 e. The summed E-state index contributed by atoms with van der Waals surface area (Å²) < 4.78 is 49.0. The minimum absolute atomic E-state index is 0.0330. The van der Waals surface area contributed by atoms with Gasteiger partial charge in [0.15, 0.2) is 0 Å². The van der Waals surface area contributed by atoms with Crippen LogP contribution in [-0.4, -0.2) is 47.7 Å². The van der Waals surface area contributed by atoms with Gasteiger partial charge in [0.25, 0.3) is 0 Å². The standard InChI is InChI=1S/C13H12F4N2O3/c14-10-3-1-9(2-4-10)7-18-5-6-19(8-11(18)20)22-12(21)13(15,16)17/h1-4H,5-8H2. The molecule has 0 aromatic heterocycles. The van der Waals surface area contributed by atoms with Crippen LogP contribution in [0.25, 0.3) is 0 Å². The number of amides is 1. The molecule has 0 aliphatic carbocycles. The number of carbonyl (C=O) groups excluding carboxylic acids is 2. The molecular formula is C13H12F4N2O3. The van der Waals surface area contributed by atoms with Gasteiger partial charge in [0.1, 0.15) is 12.4 Å². The van der Waals surface area contributed by atoms with Gasteiger partial charge in [-0.1, -0.05) is 12.1 Å². The Morgan fingerprint density at radius 2 is 1.82 bits per heavy atom. The Bertz CT molecular complexity index is 559. The van der Waals surface area contributed by atoms with Crippen molar-refractivity contribution < 1.29 is 32.0 Å². The number of hydrogen-bond acceptors (Lipinski definition) is 4. The highest BCUT2D eigenvalue weighted by atomic mass is 19.4. The van der Waals surface area contributed by atoms with E-state index in [2.05, 4.69) is 4.84 Å². The molecule has 0 atom stereocenters. The molecule has 1 amide bonds. The molecule has 1 heterocycles. The highest BCUT2D eigenvalue weighted by molar-refractivity contribution is 5.80. The molecule has 1 fully saturated rings. The van der Waals surface area contributed by atoms with E-state index < -0.39 is 30.4 Å². The second-order valence-corrected chi connectivity index (χ2v) is 4.68. The van der Waals surface area contributed by atoms with Crippen LogP contribution < -0.4 is 0 Å². The van der Waals surface area contributed by atoms with Crippen LogP contribution in [0.5, 0.6) is 0 Å².